The molecule has 0 aromatic carbocycles. The molecular formula is C13H24NO3+. The summed E-state index contributed by atoms with van der Waals surface area (Å²) in [5, 5.41) is 9.10. The first-order valence-corrected chi connectivity index (χ1v) is 6.88. The van der Waals surface area contributed by atoms with Gasteiger partial charge in [-0.2, -0.15) is 0 Å². The lowest BCUT2D eigenvalue weighted by Crippen LogP contribution is -3.18. The smallest absolute Gasteiger partial charge is 0.334 e. The largest absolute Gasteiger partial charge is 0.463 e. The maximum absolute atomic E-state index is 11.3. The number of piperidine rings is 2. The minimum Gasteiger partial charge on any atom is -0.463 e. The molecule has 2 aliphatic heterocycles. The molecule has 4 nitrogen and oxygen atoms in total. The second kappa shape index (κ2) is 5.83. The fourth-order valence-electron chi connectivity index (χ4n) is 3.29. The lowest BCUT2D eigenvalue weighted by molar-refractivity contribution is -0.940. The first kappa shape index (κ1) is 12.8. The molecule has 4 atom stereocenters. The molecule has 0 saturated carbocycles. The van der Waals surface area contributed by atoms with Gasteiger partial charge in [-0.05, 0) is 39.0 Å². The van der Waals surface area contributed by atoms with Crippen molar-refractivity contribution < 1.29 is 19.5 Å². The number of rotatable bonds is 3. The third-order valence-electron chi connectivity index (χ3n) is 4.21. The van der Waals surface area contributed by atoms with Gasteiger partial charge in [0, 0.05) is 5.92 Å². The van der Waals surface area contributed by atoms with Gasteiger partial charge in [-0.3, -0.25) is 0 Å². The molecule has 1 unspecified atom stereocenters. The number of hydrogen-bond acceptors (Lipinski definition) is 3. The van der Waals surface area contributed by atoms with Crippen LogP contribution in [0.3, 0.4) is 0 Å². The van der Waals surface area contributed by atoms with Crippen molar-refractivity contribution in [2.24, 2.45) is 5.92 Å². The summed E-state index contributed by atoms with van der Waals surface area (Å²) < 4.78 is 5.19. The number of carbonyl (C=O) groups is 1. The average molecular weight is 242 g/mol. The Morgan fingerprint density at radius 2 is 2.12 bits per heavy atom. The molecule has 2 fully saturated rings. The Hall–Kier alpha value is -0.610. The molecule has 0 amide bonds. The fourth-order valence-corrected chi connectivity index (χ4v) is 3.29. The van der Waals surface area contributed by atoms with Gasteiger partial charge in [0.1, 0.15) is 6.10 Å². The molecule has 0 bridgehead atoms. The maximum atomic E-state index is 11.3. The molecule has 2 rings (SSSR count). The van der Waals surface area contributed by atoms with E-state index in [-0.39, 0.29) is 0 Å². The third kappa shape index (κ3) is 3.19. The van der Waals surface area contributed by atoms with E-state index in [0.717, 1.165) is 0 Å². The predicted octanol–water partition coefficient (Wildman–Crippen LogP) is -0.242. The Labute approximate surface area is 103 Å². The zero-order chi connectivity index (χ0) is 12.3. The molecule has 4 heteroatoms. The molecule has 98 valence electrons. The van der Waals surface area contributed by atoms with Crippen LogP contribution < -0.4 is 4.90 Å². The zero-order valence-electron chi connectivity index (χ0n) is 10.7. The van der Waals surface area contributed by atoms with Crippen molar-refractivity contribution in [2.45, 2.75) is 51.2 Å². The lowest BCUT2D eigenvalue weighted by Gasteiger charge is -2.41. The van der Waals surface area contributed by atoms with E-state index in [4.69, 9.17) is 9.84 Å². The van der Waals surface area contributed by atoms with Crippen LogP contribution in [0, 0.1) is 5.92 Å². The molecule has 0 spiro atoms. The van der Waals surface area contributed by atoms with Gasteiger partial charge in [-0.15, -0.1) is 0 Å². The monoisotopic (exact) mass is 242 g/mol. The Bertz CT molecular complexity index is 265. The number of nitrogens with one attached hydrogen (secondary N) is 1. The van der Waals surface area contributed by atoms with Gasteiger partial charge in [0.15, 0.2) is 0 Å². The van der Waals surface area contributed by atoms with Gasteiger partial charge < -0.3 is 14.7 Å². The average Bonchev–Trinajstić information content (AvgIpc) is 2.35. The van der Waals surface area contributed by atoms with Crippen molar-refractivity contribution in [3.8, 4) is 0 Å². The number of hydrogen-bond donors (Lipinski definition) is 2. The van der Waals surface area contributed by atoms with Crippen LogP contribution >= 0.6 is 0 Å². The zero-order valence-corrected chi connectivity index (χ0v) is 10.7. The minimum atomic E-state index is -0.992. The highest BCUT2D eigenvalue weighted by molar-refractivity contribution is 5.73. The number of ether oxygens (including phenoxy) is 1. The Morgan fingerprint density at radius 3 is 2.88 bits per heavy atom. The molecule has 0 radical (unpaired) electrons. The SMILES string of the molecule is C[C@@H](O)C(=O)OC[C@@H]1CCC[NH+]2CCCC[C@H]12. The number of fused-ring (bicyclic) bond motifs is 1. The summed E-state index contributed by atoms with van der Waals surface area (Å²) >= 11 is 0. The Kier molecular flexibility index (Phi) is 4.40. The molecule has 2 saturated heterocycles. The lowest BCUT2D eigenvalue weighted by atomic mass is 9.84. The van der Waals surface area contributed by atoms with Gasteiger partial charge in [-0.25, -0.2) is 4.79 Å². The predicted molar refractivity (Wildman–Crippen MR) is 63.7 cm³/mol. The topological polar surface area (TPSA) is 51.0 Å². The highest BCUT2D eigenvalue weighted by Gasteiger charge is 2.37. The van der Waals surface area contributed by atoms with Crippen LogP contribution in [-0.2, 0) is 9.53 Å². The van der Waals surface area contributed by atoms with E-state index in [1.54, 1.807) is 4.90 Å². The highest BCUT2D eigenvalue weighted by atomic mass is 16.5. The van der Waals surface area contributed by atoms with Crippen molar-refractivity contribution >= 4 is 5.97 Å². The number of aliphatic hydroxyl groups is 1. The first-order valence-electron chi connectivity index (χ1n) is 6.88. The normalized spacial score (nSPS) is 34.8. The van der Waals surface area contributed by atoms with Crippen LogP contribution in [0.4, 0.5) is 0 Å². The molecular weight excluding hydrogens is 218 g/mol. The molecule has 17 heavy (non-hydrogen) atoms. The van der Waals surface area contributed by atoms with Crippen molar-refractivity contribution in [3.63, 3.8) is 0 Å². The summed E-state index contributed by atoms with van der Waals surface area (Å²) in [6, 6.07) is 0.680. The number of aliphatic hydroxyl groups excluding tert-OH is 1. The summed E-state index contributed by atoms with van der Waals surface area (Å²) in [7, 11) is 0. The van der Waals surface area contributed by atoms with E-state index >= 15 is 0 Å². The van der Waals surface area contributed by atoms with Gasteiger partial charge in [-0.1, -0.05) is 0 Å². The highest BCUT2D eigenvalue weighted by Crippen LogP contribution is 2.20. The first-order chi connectivity index (χ1) is 8.18. The third-order valence-corrected chi connectivity index (χ3v) is 4.21. The second-order valence-electron chi connectivity index (χ2n) is 5.47. The van der Waals surface area contributed by atoms with E-state index in [1.807, 2.05) is 0 Å². The van der Waals surface area contributed by atoms with Crippen LogP contribution in [0.25, 0.3) is 0 Å². The van der Waals surface area contributed by atoms with Crippen molar-refractivity contribution in [1.29, 1.82) is 0 Å². The van der Waals surface area contributed by atoms with Gasteiger partial charge in [0.2, 0.25) is 0 Å². The molecule has 2 aliphatic rings. The van der Waals surface area contributed by atoms with Gasteiger partial charge in [0.25, 0.3) is 0 Å². The molecule has 2 heterocycles. The number of carbonyl (C=O) groups excluding carboxylic acids is 1. The van der Waals surface area contributed by atoms with E-state index in [2.05, 4.69) is 0 Å². The summed E-state index contributed by atoms with van der Waals surface area (Å²) in [6.07, 6.45) is 5.34. The van der Waals surface area contributed by atoms with Crippen molar-refractivity contribution in [2.75, 3.05) is 19.7 Å². The van der Waals surface area contributed by atoms with Crippen LogP contribution in [0.15, 0.2) is 0 Å². The summed E-state index contributed by atoms with van der Waals surface area (Å²) in [4.78, 5) is 13.0. The fraction of sp³-hybridized carbons (Fsp3) is 0.923. The molecule has 0 aromatic rings. The van der Waals surface area contributed by atoms with E-state index < -0.39 is 12.1 Å². The van der Waals surface area contributed by atoms with Gasteiger partial charge in [0.05, 0.1) is 25.7 Å². The Balaban J connectivity index is 1.84. The molecule has 2 N–H and O–H groups in total. The van der Waals surface area contributed by atoms with E-state index in [1.165, 1.54) is 52.1 Å². The quantitative estimate of drug-likeness (QED) is 0.672. The van der Waals surface area contributed by atoms with Crippen LogP contribution in [-0.4, -0.2) is 42.9 Å². The van der Waals surface area contributed by atoms with Crippen molar-refractivity contribution in [1.82, 2.24) is 0 Å². The number of esters is 1. The Morgan fingerprint density at radius 1 is 1.35 bits per heavy atom. The maximum Gasteiger partial charge on any atom is 0.334 e. The van der Waals surface area contributed by atoms with Crippen LogP contribution in [0.1, 0.15) is 39.0 Å². The number of quaternary nitrogens is 1. The van der Waals surface area contributed by atoms with Crippen LogP contribution in [0.5, 0.6) is 0 Å². The van der Waals surface area contributed by atoms with E-state index in [0.29, 0.717) is 18.6 Å². The van der Waals surface area contributed by atoms with Crippen LogP contribution in [0.2, 0.25) is 0 Å². The second-order valence-corrected chi connectivity index (χ2v) is 5.47. The van der Waals surface area contributed by atoms with E-state index in [9.17, 15) is 4.79 Å². The molecule has 0 aliphatic carbocycles. The summed E-state index contributed by atoms with van der Waals surface area (Å²) in [6.45, 7) is 4.52. The summed E-state index contributed by atoms with van der Waals surface area (Å²) in [5.74, 6) is 0.0229. The standard InChI is InChI=1S/C13H23NO3/c1-10(15)13(16)17-9-11-5-4-8-14-7-3-2-6-12(11)14/h10-12,15H,2-9H2,1H3/p+1/t10-,11+,12-/m1/s1. The van der Waals surface area contributed by atoms with Gasteiger partial charge >= 0.3 is 5.97 Å². The minimum absolute atomic E-state index is 0.479. The molecule has 0 aromatic heterocycles. The summed E-state index contributed by atoms with van der Waals surface area (Å²) in [5.41, 5.74) is 0. The van der Waals surface area contributed by atoms with Crippen molar-refractivity contribution in [3.05, 3.63) is 0 Å².